The molecule has 0 bridgehead atoms. The lowest BCUT2D eigenvalue weighted by atomic mass is 10.0. The first-order chi connectivity index (χ1) is 17.6. The van der Waals surface area contributed by atoms with Crippen molar-refractivity contribution in [2.24, 2.45) is 0 Å². The Bertz CT molecular complexity index is 882. The molecule has 0 saturated heterocycles. The minimum absolute atomic E-state index is 1.01. The normalized spacial score (nSPS) is 13.1. The van der Waals surface area contributed by atoms with Gasteiger partial charge in [-0.15, -0.1) is 0 Å². The highest BCUT2D eigenvalue weighted by Gasteiger charge is 2.22. The third kappa shape index (κ3) is 12.8. The van der Waals surface area contributed by atoms with Crippen molar-refractivity contribution in [2.75, 3.05) is 0 Å². The van der Waals surface area contributed by atoms with Crippen LogP contribution in [-0.4, -0.2) is 4.89 Å². The Morgan fingerprint density at radius 2 is 1.00 bits per heavy atom. The number of benzene rings is 2. The van der Waals surface area contributed by atoms with E-state index in [1.807, 2.05) is 6.07 Å². The molecular formula is C32H51OPS2. The molecule has 0 aromatic heterocycles. The molecule has 1 nitrogen and oxygen atoms in total. The van der Waals surface area contributed by atoms with E-state index in [-0.39, 0.29) is 0 Å². The molecule has 0 aliphatic carbocycles. The first-order valence-electron chi connectivity index (χ1n) is 14.8. The fraction of sp³-hybridized carbons (Fsp3) is 0.625. The third-order valence-electron chi connectivity index (χ3n) is 7.09. The molecule has 0 radical (unpaired) electrons. The highest BCUT2D eigenvalue weighted by molar-refractivity contribution is 8.71. The Hall–Kier alpha value is -0.600. The van der Waals surface area contributed by atoms with E-state index >= 15 is 0 Å². The third-order valence-corrected chi connectivity index (χ3v) is 12.2. The van der Waals surface area contributed by atoms with Gasteiger partial charge < -0.3 is 4.89 Å². The summed E-state index contributed by atoms with van der Waals surface area (Å²) in [6, 6.07) is 17.0. The molecular weight excluding hydrogens is 495 g/mol. The SMILES string of the molecule is CCCCCCCCCCc1ccccc1SP(O)(=S)c1ccccc1CCCCCCCCCC. The zero-order valence-corrected chi connectivity index (χ0v) is 25.6. The molecule has 1 unspecified atom stereocenters. The van der Waals surface area contributed by atoms with E-state index < -0.39 is 5.47 Å². The van der Waals surface area contributed by atoms with E-state index in [2.05, 4.69) is 56.3 Å². The van der Waals surface area contributed by atoms with Gasteiger partial charge in [-0.3, -0.25) is 0 Å². The number of hydrogen-bond acceptors (Lipinski definition) is 2. The Morgan fingerprint density at radius 3 is 1.56 bits per heavy atom. The second-order valence-corrected chi connectivity index (χ2v) is 16.9. The number of rotatable bonds is 21. The minimum Gasteiger partial charge on any atom is -0.354 e. The van der Waals surface area contributed by atoms with Crippen molar-refractivity contribution >= 4 is 34.0 Å². The average Bonchev–Trinajstić information content (AvgIpc) is 2.88. The van der Waals surface area contributed by atoms with Crippen LogP contribution in [0, 0.1) is 0 Å². The molecule has 0 aliphatic rings. The van der Waals surface area contributed by atoms with Gasteiger partial charge in [0.15, 0.2) is 5.47 Å². The fourth-order valence-electron chi connectivity index (χ4n) is 4.88. The van der Waals surface area contributed by atoms with E-state index in [9.17, 15) is 4.89 Å². The van der Waals surface area contributed by atoms with E-state index in [0.717, 1.165) is 18.1 Å². The van der Waals surface area contributed by atoms with Gasteiger partial charge in [-0.05, 0) is 42.9 Å². The van der Waals surface area contributed by atoms with Gasteiger partial charge in [0.25, 0.3) is 0 Å². The molecule has 1 N–H and O–H groups in total. The summed E-state index contributed by atoms with van der Waals surface area (Å²) in [6.07, 6.45) is 23.3. The van der Waals surface area contributed by atoms with Gasteiger partial charge >= 0.3 is 0 Å². The second-order valence-electron chi connectivity index (χ2n) is 10.3. The van der Waals surface area contributed by atoms with E-state index in [1.54, 1.807) is 11.4 Å². The van der Waals surface area contributed by atoms with Crippen molar-refractivity contribution in [1.82, 2.24) is 0 Å². The summed E-state index contributed by atoms with van der Waals surface area (Å²) >= 11 is 7.49. The Labute approximate surface area is 232 Å². The molecule has 202 valence electrons. The van der Waals surface area contributed by atoms with E-state index in [4.69, 9.17) is 11.8 Å². The molecule has 0 spiro atoms. The zero-order chi connectivity index (χ0) is 25.9. The van der Waals surface area contributed by atoms with E-state index in [1.165, 1.54) is 119 Å². The Balaban J connectivity index is 1.87. The number of hydrogen-bond donors (Lipinski definition) is 1. The van der Waals surface area contributed by atoms with Gasteiger partial charge in [0.05, 0.1) is 0 Å². The van der Waals surface area contributed by atoms with Gasteiger partial charge in [-0.2, -0.15) is 0 Å². The molecule has 0 heterocycles. The van der Waals surface area contributed by atoms with Crippen LogP contribution in [0.5, 0.6) is 0 Å². The van der Waals surface area contributed by atoms with Crippen LogP contribution >= 0.6 is 16.8 Å². The van der Waals surface area contributed by atoms with Crippen LogP contribution in [-0.2, 0) is 24.6 Å². The lowest BCUT2D eigenvalue weighted by Gasteiger charge is -2.20. The lowest BCUT2D eigenvalue weighted by Crippen LogP contribution is -2.09. The maximum atomic E-state index is 11.6. The Morgan fingerprint density at radius 1 is 0.583 bits per heavy atom. The summed E-state index contributed by atoms with van der Waals surface area (Å²) < 4.78 is 0. The molecule has 1 atom stereocenters. The summed E-state index contributed by atoms with van der Waals surface area (Å²) in [5.41, 5.74) is -0.119. The lowest BCUT2D eigenvalue weighted by molar-refractivity contribution is 0.574. The highest BCUT2D eigenvalue weighted by atomic mass is 32.9. The van der Waals surface area contributed by atoms with Crippen molar-refractivity contribution in [3.05, 3.63) is 59.7 Å². The molecule has 0 fully saturated rings. The van der Waals surface area contributed by atoms with Gasteiger partial charge in [-0.1, -0.05) is 169 Å². The standard InChI is InChI=1S/C32H51OPS2/c1-3-5-7-9-11-13-15-17-23-29-24-19-21-27-31(29)34(33,35)36-32-28-22-20-26-30(32)25-18-16-14-12-10-8-6-4-2/h19-22,24,26-28H,3-18,23,25H2,1-2H3,(H,33,35). The predicted molar refractivity (Wildman–Crippen MR) is 168 cm³/mol. The molecule has 2 rings (SSSR count). The van der Waals surface area contributed by atoms with Gasteiger partial charge in [0, 0.05) is 10.2 Å². The molecule has 0 aliphatic heterocycles. The zero-order valence-electron chi connectivity index (χ0n) is 23.1. The molecule has 4 heteroatoms. The average molecular weight is 547 g/mol. The van der Waals surface area contributed by atoms with Crippen LogP contribution in [0.2, 0.25) is 0 Å². The van der Waals surface area contributed by atoms with Crippen molar-refractivity contribution in [1.29, 1.82) is 0 Å². The molecule has 0 saturated carbocycles. The molecule has 2 aromatic carbocycles. The van der Waals surface area contributed by atoms with Crippen molar-refractivity contribution < 1.29 is 4.89 Å². The first-order valence-corrected chi connectivity index (χ1v) is 18.9. The maximum absolute atomic E-state index is 11.6. The van der Waals surface area contributed by atoms with Crippen molar-refractivity contribution in [3.8, 4) is 0 Å². The van der Waals surface area contributed by atoms with Crippen LogP contribution in [0.15, 0.2) is 53.4 Å². The maximum Gasteiger partial charge on any atom is 0.151 e. The van der Waals surface area contributed by atoms with Crippen LogP contribution in [0.1, 0.15) is 128 Å². The first kappa shape index (κ1) is 31.6. The van der Waals surface area contributed by atoms with Crippen LogP contribution in [0.25, 0.3) is 0 Å². The summed E-state index contributed by atoms with van der Waals surface area (Å²) in [5.74, 6) is 0. The highest BCUT2D eigenvalue weighted by Crippen LogP contribution is 2.59. The topological polar surface area (TPSA) is 20.2 Å². The van der Waals surface area contributed by atoms with Crippen LogP contribution < -0.4 is 5.30 Å². The van der Waals surface area contributed by atoms with E-state index in [0.29, 0.717) is 0 Å². The van der Waals surface area contributed by atoms with Crippen molar-refractivity contribution in [2.45, 2.75) is 134 Å². The smallest absolute Gasteiger partial charge is 0.151 e. The summed E-state index contributed by atoms with van der Waals surface area (Å²) in [4.78, 5) is 12.7. The molecule has 0 amide bonds. The Kier molecular flexibility index (Phi) is 17.1. The summed E-state index contributed by atoms with van der Waals surface area (Å²) in [7, 11) is 0. The minimum atomic E-state index is -2.72. The predicted octanol–water partition coefficient (Wildman–Crippen LogP) is 10.8. The number of unbranched alkanes of at least 4 members (excludes halogenated alkanes) is 14. The molecule has 36 heavy (non-hydrogen) atoms. The van der Waals surface area contributed by atoms with Gasteiger partial charge in [0.1, 0.15) is 0 Å². The second kappa shape index (κ2) is 19.5. The monoisotopic (exact) mass is 546 g/mol. The summed E-state index contributed by atoms with van der Waals surface area (Å²) in [5, 5.41) is 1.01. The van der Waals surface area contributed by atoms with Crippen LogP contribution in [0.4, 0.5) is 0 Å². The number of aryl methyl sites for hydroxylation is 2. The largest absolute Gasteiger partial charge is 0.354 e. The quantitative estimate of drug-likeness (QED) is 0.124. The molecule has 2 aromatic rings. The fourth-order valence-corrected chi connectivity index (χ4v) is 9.91. The van der Waals surface area contributed by atoms with Gasteiger partial charge in [0.2, 0.25) is 0 Å². The summed E-state index contributed by atoms with van der Waals surface area (Å²) in [6.45, 7) is 4.55. The van der Waals surface area contributed by atoms with Gasteiger partial charge in [-0.25, -0.2) is 0 Å². The van der Waals surface area contributed by atoms with Crippen molar-refractivity contribution in [3.63, 3.8) is 0 Å². The van der Waals surface area contributed by atoms with Crippen LogP contribution in [0.3, 0.4) is 0 Å².